The molecule has 0 N–H and O–H groups in total. The summed E-state index contributed by atoms with van der Waals surface area (Å²) in [7, 11) is 2.29. The minimum absolute atomic E-state index is 0.117. The number of aryl methyl sites for hydroxylation is 1. The molecule has 50 heavy (non-hydrogen) atoms. The predicted molar refractivity (Wildman–Crippen MR) is 206 cm³/mol. The van der Waals surface area contributed by atoms with Crippen molar-refractivity contribution in [2.45, 2.75) is 49.9 Å². The number of thioether (sulfide) groups is 1. The van der Waals surface area contributed by atoms with Gasteiger partial charge in [-0.2, -0.15) is 11.8 Å². The van der Waals surface area contributed by atoms with Crippen LogP contribution in [0.15, 0.2) is 120 Å². The molecular formula is C43H40N2O3S2. The first-order valence-electron chi connectivity index (χ1n) is 17.4. The van der Waals surface area contributed by atoms with Crippen LogP contribution in [0.2, 0.25) is 0 Å². The fraction of sp³-hybridized carbons (Fsp3) is 0.256. The molecule has 6 aromatic rings. The number of pyridine rings is 2. The van der Waals surface area contributed by atoms with Crippen LogP contribution >= 0.6 is 23.1 Å². The fourth-order valence-corrected chi connectivity index (χ4v) is 10.6. The minimum Gasteiger partial charge on any atom is -0.462 e. The van der Waals surface area contributed by atoms with E-state index in [4.69, 9.17) is 4.74 Å². The molecule has 1 aliphatic heterocycles. The van der Waals surface area contributed by atoms with E-state index in [0.717, 1.165) is 46.6 Å². The predicted octanol–water partition coefficient (Wildman–Crippen LogP) is 9.60. The molecule has 1 saturated carbocycles. The van der Waals surface area contributed by atoms with Gasteiger partial charge in [0.15, 0.2) is 0 Å². The van der Waals surface area contributed by atoms with Crippen LogP contribution in [0.25, 0.3) is 16.0 Å². The molecule has 5 nitrogen and oxygen atoms in total. The number of hydrogen-bond donors (Lipinski definition) is 0. The summed E-state index contributed by atoms with van der Waals surface area (Å²) in [4.78, 5) is 31.6. The molecule has 3 aromatic heterocycles. The summed E-state index contributed by atoms with van der Waals surface area (Å²) in [5.41, 5.74) is 8.55. The molecule has 8 rings (SSSR count). The Morgan fingerprint density at radius 2 is 1.48 bits per heavy atom. The van der Waals surface area contributed by atoms with Gasteiger partial charge in [0.1, 0.15) is 5.56 Å². The van der Waals surface area contributed by atoms with Gasteiger partial charge >= 0.3 is 5.97 Å². The molecule has 1 aliphatic carbocycles. The van der Waals surface area contributed by atoms with E-state index in [9.17, 15) is 9.59 Å². The monoisotopic (exact) mass is 696 g/mol. The summed E-state index contributed by atoms with van der Waals surface area (Å²) in [6.07, 6.45) is 3.98. The van der Waals surface area contributed by atoms with E-state index in [-0.39, 0.29) is 23.8 Å². The number of esters is 1. The maximum Gasteiger partial charge on any atom is 0.343 e. The third-order valence-corrected chi connectivity index (χ3v) is 12.9. The summed E-state index contributed by atoms with van der Waals surface area (Å²) >= 11 is 3.87. The molecule has 1 fully saturated rings. The van der Waals surface area contributed by atoms with Crippen molar-refractivity contribution in [2.24, 2.45) is 0 Å². The van der Waals surface area contributed by atoms with Gasteiger partial charge in [-0.25, -0.2) is 4.79 Å². The van der Waals surface area contributed by atoms with Gasteiger partial charge in [-0.05, 0) is 96.8 Å². The van der Waals surface area contributed by atoms with Crippen molar-refractivity contribution in [3.8, 4) is 10.4 Å². The van der Waals surface area contributed by atoms with E-state index in [1.165, 1.54) is 32.0 Å². The number of carbonyl (C=O) groups excluding carboxylic acids is 1. The number of hydrogen-bond acceptors (Lipinski definition) is 6. The van der Waals surface area contributed by atoms with Crippen LogP contribution in [-0.2, 0) is 16.0 Å². The zero-order valence-corrected chi connectivity index (χ0v) is 30.2. The largest absolute Gasteiger partial charge is 0.462 e. The number of rotatable bonds is 9. The van der Waals surface area contributed by atoms with Crippen LogP contribution in [-0.4, -0.2) is 34.7 Å². The smallest absolute Gasteiger partial charge is 0.343 e. The van der Waals surface area contributed by atoms with Crippen molar-refractivity contribution < 1.29 is 9.53 Å². The SMILES string of the molecule is CCOC(=O)c1cc(C2CC2)c2c(C)c(-c3cc4c(s3)CSCC4N(C)C(c3ccccc3)(c3ccccc3)c3ccccc3)ccn2c1=O. The van der Waals surface area contributed by atoms with Crippen LogP contribution in [0.3, 0.4) is 0 Å². The van der Waals surface area contributed by atoms with Crippen molar-refractivity contribution in [1.29, 1.82) is 0 Å². The molecule has 0 saturated heterocycles. The zero-order chi connectivity index (χ0) is 34.4. The second kappa shape index (κ2) is 13.4. The second-order valence-electron chi connectivity index (χ2n) is 13.3. The van der Waals surface area contributed by atoms with Crippen molar-refractivity contribution >= 4 is 34.6 Å². The van der Waals surface area contributed by atoms with Gasteiger partial charge in [-0.15, -0.1) is 11.3 Å². The lowest BCUT2D eigenvalue weighted by Gasteiger charge is -2.48. The third-order valence-electron chi connectivity index (χ3n) is 10.5. The first kappa shape index (κ1) is 32.8. The standard InChI is InChI=1S/C43H40N2O3S2/c1-4-48-42(47)36-24-34(29-20-21-29)40-28(2)33(22-23-45(40)41(36)46)38-25-35-37(26-49-27-39(35)50-38)44(3)43(30-14-8-5-9-15-30,31-16-10-6-11-17-31)32-18-12-7-13-19-32/h5-19,22-25,29,37H,4,20-21,26-27H2,1-3H3. The molecule has 1 atom stereocenters. The van der Waals surface area contributed by atoms with E-state index in [2.05, 4.69) is 122 Å². The zero-order valence-electron chi connectivity index (χ0n) is 28.6. The lowest BCUT2D eigenvalue weighted by Crippen LogP contribution is -2.48. The Balaban J connectivity index is 1.27. The Kier molecular flexibility index (Phi) is 8.75. The van der Waals surface area contributed by atoms with Crippen LogP contribution < -0.4 is 5.56 Å². The Labute approximate surface area is 301 Å². The van der Waals surface area contributed by atoms with Crippen molar-refractivity contribution in [2.75, 3.05) is 19.4 Å². The van der Waals surface area contributed by atoms with Gasteiger partial charge in [0.2, 0.25) is 0 Å². The molecule has 0 bridgehead atoms. The third kappa shape index (κ3) is 5.43. The van der Waals surface area contributed by atoms with E-state index in [0.29, 0.717) is 5.92 Å². The molecule has 2 aliphatic rings. The van der Waals surface area contributed by atoms with E-state index < -0.39 is 11.5 Å². The lowest BCUT2D eigenvalue weighted by atomic mass is 9.75. The average molecular weight is 697 g/mol. The molecule has 0 radical (unpaired) electrons. The van der Waals surface area contributed by atoms with Crippen molar-refractivity contribution in [3.05, 3.63) is 170 Å². The highest BCUT2D eigenvalue weighted by Crippen LogP contribution is 2.51. The molecule has 0 spiro atoms. The average Bonchev–Trinajstić information content (AvgIpc) is 3.91. The fourth-order valence-electron chi connectivity index (χ4n) is 7.95. The number of benzene rings is 3. The van der Waals surface area contributed by atoms with Crippen molar-refractivity contribution in [3.63, 3.8) is 0 Å². The highest BCUT2D eigenvalue weighted by atomic mass is 32.2. The summed E-state index contributed by atoms with van der Waals surface area (Å²) < 4.78 is 6.94. The molecular weight excluding hydrogens is 657 g/mol. The molecule has 4 heterocycles. The number of fused-ring (bicyclic) bond motifs is 2. The highest BCUT2D eigenvalue weighted by Gasteiger charge is 2.45. The molecule has 7 heteroatoms. The van der Waals surface area contributed by atoms with Gasteiger partial charge in [0.25, 0.3) is 5.56 Å². The molecule has 0 amide bonds. The van der Waals surface area contributed by atoms with Crippen LogP contribution in [0.5, 0.6) is 0 Å². The van der Waals surface area contributed by atoms with Gasteiger partial charge in [-0.3, -0.25) is 14.1 Å². The van der Waals surface area contributed by atoms with Crippen LogP contribution in [0.4, 0.5) is 0 Å². The van der Waals surface area contributed by atoms with Gasteiger partial charge in [-0.1, -0.05) is 91.0 Å². The minimum atomic E-state index is -0.549. The van der Waals surface area contributed by atoms with Crippen molar-refractivity contribution in [1.82, 2.24) is 9.30 Å². The first-order valence-corrected chi connectivity index (χ1v) is 19.4. The quantitative estimate of drug-likeness (QED) is 0.111. The Morgan fingerprint density at radius 1 is 0.880 bits per heavy atom. The number of aromatic nitrogens is 1. The van der Waals surface area contributed by atoms with Crippen LogP contribution in [0, 0.1) is 6.92 Å². The van der Waals surface area contributed by atoms with Gasteiger partial charge < -0.3 is 4.74 Å². The highest BCUT2D eigenvalue weighted by molar-refractivity contribution is 7.98. The summed E-state index contributed by atoms with van der Waals surface area (Å²) in [5.74, 6) is 1.75. The summed E-state index contributed by atoms with van der Waals surface area (Å²) in [6, 6.07) is 39.1. The number of thiophene rings is 1. The van der Waals surface area contributed by atoms with E-state index in [1.54, 1.807) is 11.3 Å². The molecule has 252 valence electrons. The molecule has 3 aromatic carbocycles. The number of carbonyl (C=O) groups is 1. The summed E-state index contributed by atoms with van der Waals surface area (Å²) in [5, 5.41) is 0. The van der Waals surface area contributed by atoms with Gasteiger partial charge in [0.05, 0.1) is 17.7 Å². The maximum atomic E-state index is 13.6. The number of nitrogens with zero attached hydrogens (tertiary/aromatic N) is 2. The Hall–Kier alpha value is -4.43. The Bertz CT molecular complexity index is 2140. The molecule has 1 unspecified atom stereocenters. The van der Waals surface area contributed by atoms with E-state index >= 15 is 0 Å². The normalized spacial score (nSPS) is 16.0. The summed E-state index contributed by atoms with van der Waals surface area (Å²) in [6.45, 7) is 4.13. The van der Waals surface area contributed by atoms with Gasteiger partial charge in [0, 0.05) is 33.5 Å². The topological polar surface area (TPSA) is 51.0 Å². The number of ether oxygens (including phenoxy) is 1. The Morgan fingerprint density at radius 3 is 2.04 bits per heavy atom. The van der Waals surface area contributed by atoms with E-state index in [1.807, 2.05) is 35.4 Å². The lowest BCUT2D eigenvalue weighted by molar-refractivity contribution is 0.0524. The maximum absolute atomic E-state index is 13.6. The first-order chi connectivity index (χ1) is 24.4. The second-order valence-corrected chi connectivity index (χ2v) is 15.5. The van der Waals surface area contributed by atoms with Crippen LogP contribution in [0.1, 0.15) is 80.3 Å².